The first-order valence-electron chi connectivity index (χ1n) is 8.21. The van der Waals surface area contributed by atoms with Crippen LogP contribution in [0.2, 0.25) is 0 Å². The first kappa shape index (κ1) is 17.5. The van der Waals surface area contributed by atoms with Gasteiger partial charge >= 0.3 is 0 Å². The lowest BCUT2D eigenvalue weighted by molar-refractivity contribution is 0.300. The van der Waals surface area contributed by atoms with Crippen LogP contribution in [0.25, 0.3) is 0 Å². The van der Waals surface area contributed by atoms with Crippen molar-refractivity contribution in [3.8, 4) is 5.75 Å². The van der Waals surface area contributed by atoms with Crippen LogP contribution in [-0.2, 0) is 6.61 Å². The molecule has 3 aromatic rings. The van der Waals surface area contributed by atoms with E-state index in [0.717, 1.165) is 44.1 Å². The first-order valence-corrected chi connectivity index (χ1v) is 9.01. The van der Waals surface area contributed by atoms with Crippen molar-refractivity contribution in [1.29, 1.82) is 0 Å². The van der Waals surface area contributed by atoms with Gasteiger partial charge in [-0.2, -0.15) is 0 Å². The van der Waals surface area contributed by atoms with Crippen molar-refractivity contribution in [2.75, 3.05) is 5.32 Å². The Kier molecular flexibility index (Phi) is 5.39. The molecule has 2 aromatic carbocycles. The summed E-state index contributed by atoms with van der Waals surface area (Å²) in [6.07, 6.45) is 0. The zero-order valence-electron chi connectivity index (χ0n) is 14.6. The van der Waals surface area contributed by atoms with Crippen LogP contribution in [0.4, 0.5) is 11.5 Å². The molecule has 128 valence electrons. The van der Waals surface area contributed by atoms with Gasteiger partial charge in [0.15, 0.2) is 0 Å². The maximum absolute atomic E-state index is 6.06. The minimum absolute atomic E-state index is 0.545. The summed E-state index contributed by atoms with van der Waals surface area (Å²) < 4.78 is 7.11. The monoisotopic (exact) mass is 396 g/mol. The lowest BCUT2D eigenvalue weighted by Crippen LogP contribution is -2.05. The Morgan fingerprint density at radius 3 is 2.28 bits per heavy atom. The van der Waals surface area contributed by atoms with Gasteiger partial charge in [0, 0.05) is 10.2 Å². The van der Waals surface area contributed by atoms with Gasteiger partial charge in [-0.25, -0.2) is 4.98 Å². The summed E-state index contributed by atoms with van der Waals surface area (Å²) in [6, 6.07) is 18.2. The number of hydrogen-bond donors (Lipinski definition) is 1. The Bertz CT molecular complexity index is 861. The second-order valence-electron chi connectivity index (χ2n) is 6.03. The number of ether oxygens (including phenoxy) is 1. The highest BCUT2D eigenvalue weighted by atomic mass is 79.9. The number of nitrogens with one attached hydrogen (secondary N) is 1. The molecule has 0 aliphatic rings. The Hall–Kier alpha value is -2.33. The molecule has 0 amide bonds. The molecule has 3 rings (SSSR count). The number of rotatable bonds is 5. The topological polar surface area (TPSA) is 34.2 Å². The van der Waals surface area contributed by atoms with Crippen LogP contribution >= 0.6 is 15.9 Å². The van der Waals surface area contributed by atoms with E-state index in [-0.39, 0.29) is 0 Å². The average Bonchev–Trinajstić information content (AvgIpc) is 2.62. The van der Waals surface area contributed by atoms with Gasteiger partial charge in [-0.05, 0) is 61.7 Å². The van der Waals surface area contributed by atoms with E-state index in [1.54, 1.807) is 0 Å². The van der Waals surface area contributed by atoms with Gasteiger partial charge in [-0.15, -0.1) is 0 Å². The van der Waals surface area contributed by atoms with Crippen molar-refractivity contribution in [3.63, 3.8) is 0 Å². The number of pyridine rings is 1. The molecule has 0 saturated carbocycles. The fraction of sp³-hybridized carbons (Fsp3) is 0.190. The quantitative estimate of drug-likeness (QED) is 0.566. The predicted octanol–water partition coefficient (Wildman–Crippen LogP) is 6.09. The van der Waals surface area contributed by atoms with Crippen molar-refractivity contribution >= 4 is 27.4 Å². The number of aromatic nitrogens is 1. The highest BCUT2D eigenvalue weighted by molar-refractivity contribution is 9.10. The Labute approximate surface area is 157 Å². The van der Waals surface area contributed by atoms with E-state index in [9.17, 15) is 0 Å². The molecular weight excluding hydrogens is 376 g/mol. The van der Waals surface area contributed by atoms with E-state index in [1.807, 2.05) is 49.4 Å². The van der Waals surface area contributed by atoms with Gasteiger partial charge < -0.3 is 10.1 Å². The summed E-state index contributed by atoms with van der Waals surface area (Å²) in [5.41, 5.74) is 5.25. The fourth-order valence-corrected chi connectivity index (χ4v) is 2.92. The van der Waals surface area contributed by atoms with E-state index in [1.165, 1.54) is 0 Å². The van der Waals surface area contributed by atoms with Gasteiger partial charge in [-0.3, -0.25) is 0 Å². The summed E-state index contributed by atoms with van der Waals surface area (Å²) in [6.45, 7) is 6.68. The third-order valence-corrected chi connectivity index (χ3v) is 4.73. The van der Waals surface area contributed by atoms with Crippen LogP contribution in [0, 0.1) is 20.8 Å². The van der Waals surface area contributed by atoms with Crippen molar-refractivity contribution in [1.82, 2.24) is 4.98 Å². The van der Waals surface area contributed by atoms with Crippen LogP contribution in [0.1, 0.15) is 22.4 Å². The molecule has 0 spiro atoms. The van der Waals surface area contributed by atoms with Crippen LogP contribution in [0.5, 0.6) is 5.75 Å². The Morgan fingerprint density at radius 2 is 1.60 bits per heavy atom. The van der Waals surface area contributed by atoms with Crippen LogP contribution in [0.15, 0.2) is 59.1 Å². The van der Waals surface area contributed by atoms with Crippen molar-refractivity contribution in [2.24, 2.45) is 0 Å². The second-order valence-corrected chi connectivity index (χ2v) is 6.95. The lowest BCUT2D eigenvalue weighted by atomic mass is 10.1. The Morgan fingerprint density at radius 1 is 0.920 bits per heavy atom. The fourth-order valence-electron chi connectivity index (χ4n) is 2.66. The maximum atomic E-state index is 6.06. The molecule has 0 radical (unpaired) electrons. The molecule has 0 saturated heterocycles. The van der Waals surface area contributed by atoms with E-state index in [0.29, 0.717) is 6.61 Å². The van der Waals surface area contributed by atoms with Crippen LogP contribution in [0.3, 0.4) is 0 Å². The van der Waals surface area contributed by atoms with Crippen LogP contribution in [-0.4, -0.2) is 4.98 Å². The number of aryl methyl sites for hydroxylation is 1. The summed E-state index contributed by atoms with van der Waals surface area (Å²) >= 11 is 3.45. The van der Waals surface area contributed by atoms with Gasteiger partial charge in [0.1, 0.15) is 18.2 Å². The Balaban J connectivity index is 1.82. The molecule has 1 aromatic heterocycles. The number of hydrogen-bond acceptors (Lipinski definition) is 3. The van der Waals surface area contributed by atoms with Gasteiger partial charge in [0.05, 0.1) is 5.69 Å². The van der Waals surface area contributed by atoms with E-state index >= 15 is 0 Å². The molecule has 25 heavy (non-hydrogen) atoms. The smallest absolute Gasteiger partial charge is 0.144 e. The first-order chi connectivity index (χ1) is 12.0. The molecule has 3 nitrogen and oxygen atoms in total. The minimum atomic E-state index is 0.545. The van der Waals surface area contributed by atoms with Crippen molar-refractivity contribution < 1.29 is 4.74 Å². The number of anilines is 2. The highest BCUT2D eigenvalue weighted by Gasteiger charge is 2.13. The largest absolute Gasteiger partial charge is 0.487 e. The normalized spacial score (nSPS) is 10.6. The third kappa shape index (κ3) is 4.20. The average molecular weight is 397 g/mol. The van der Waals surface area contributed by atoms with E-state index in [2.05, 4.69) is 47.2 Å². The molecule has 0 fully saturated rings. The SMILES string of the molecule is Cc1nc(Nc2ccc(Br)cc2)c(C)c(C)c1OCc1ccccc1. The van der Waals surface area contributed by atoms with Gasteiger partial charge in [0.25, 0.3) is 0 Å². The standard InChI is InChI=1S/C21H21BrN2O/c1-14-15(2)21(24-19-11-9-18(22)10-12-19)23-16(3)20(14)25-13-17-7-5-4-6-8-17/h4-12H,13H2,1-3H3,(H,23,24). The summed E-state index contributed by atoms with van der Waals surface area (Å²) in [5, 5.41) is 3.39. The van der Waals surface area contributed by atoms with Gasteiger partial charge in [-0.1, -0.05) is 46.3 Å². The molecule has 0 bridgehead atoms. The zero-order valence-corrected chi connectivity index (χ0v) is 16.2. The minimum Gasteiger partial charge on any atom is -0.487 e. The molecule has 1 N–H and O–H groups in total. The number of nitrogens with zero attached hydrogens (tertiary/aromatic N) is 1. The second kappa shape index (κ2) is 7.70. The summed E-state index contributed by atoms with van der Waals surface area (Å²) in [7, 11) is 0. The summed E-state index contributed by atoms with van der Waals surface area (Å²) in [4.78, 5) is 4.72. The van der Waals surface area contributed by atoms with Crippen molar-refractivity contribution in [2.45, 2.75) is 27.4 Å². The summed E-state index contributed by atoms with van der Waals surface area (Å²) in [5.74, 6) is 1.73. The number of benzene rings is 2. The molecule has 0 unspecified atom stereocenters. The van der Waals surface area contributed by atoms with Gasteiger partial charge in [0.2, 0.25) is 0 Å². The van der Waals surface area contributed by atoms with Crippen LogP contribution < -0.4 is 10.1 Å². The molecule has 0 aliphatic heterocycles. The van der Waals surface area contributed by atoms with E-state index < -0.39 is 0 Å². The maximum Gasteiger partial charge on any atom is 0.144 e. The lowest BCUT2D eigenvalue weighted by Gasteiger charge is -2.17. The molecule has 0 atom stereocenters. The zero-order chi connectivity index (χ0) is 17.8. The highest BCUT2D eigenvalue weighted by Crippen LogP contribution is 2.31. The number of halogens is 1. The molecular formula is C21H21BrN2O. The predicted molar refractivity (Wildman–Crippen MR) is 107 cm³/mol. The molecule has 0 aliphatic carbocycles. The van der Waals surface area contributed by atoms with E-state index in [4.69, 9.17) is 9.72 Å². The molecule has 1 heterocycles. The third-order valence-electron chi connectivity index (χ3n) is 4.20. The van der Waals surface area contributed by atoms with Crippen molar-refractivity contribution in [3.05, 3.63) is 81.5 Å². The molecule has 4 heteroatoms.